The Morgan fingerprint density at radius 2 is 2.00 bits per heavy atom. The highest BCUT2D eigenvalue weighted by Gasteiger charge is 2.07. The molecule has 1 atom stereocenters. The van der Waals surface area contributed by atoms with Crippen LogP contribution < -0.4 is 5.32 Å². The summed E-state index contributed by atoms with van der Waals surface area (Å²) in [6, 6.07) is 4.13. The maximum atomic E-state index is 4.16. The van der Waals surface area contributed by atoms with Crippen LogP contribution in [-0.2, 0) is 0 Å². The van der Waals surface area contributed by atoms with Crippen molar-refractivity contribution in [1.82, 2.24) is 15.0 Å². The Morgan fingerprint density at radius 1 is 1.25 bits per heavy atom. The van der Waals surface area contributed by atoms with Crippen molar-refractivity contribution in [3.63, 3.8) is 0 Å². The predicted molar refractivity (Wildman–Crippen MR) is 66.0 cm³/mol. The average molecular weight is 279 g/mol. The molecule has 0 aliphatic carbocycles. The highest BCUT2D eigenvalue weighted by Crippen LogP contribution is 2.22. The molecule has 0 spiro atoms. The van der Waals surface area contributed by atoms with E-state index in [2.05, 4.69) is 43.1 Å². The van der Waals surface area contributed by atoms with Crippen molar-refractivity contribution in [2.45, 2.75) is 13.0 Å². The Hall–Kier alpha value is -1.49. The van der Waals surface area contributed by atoms with Gasteiger partial charge in [0.1, 0.15) is 12.1 Å². The number of hydrogen-bond donors (Lipinski definition) is 1. The minimum atomic E-state index is 0.175. The van der Waals surface area contributed by atoms with Crippen LogP contribution in [-0.4, -0.2) is 15.0 Å². The summed E-state index contributed by atoms with van der Waals surface area (Å²) in [5.74, 6) is 0.791. The molecule has 1 unspecified atom stereocenters. The number of nitrogens with one attached hydrogen (secondary N) is 1. The zero-order valence-corrected chi connectivity index (χ0v) is 10.3. The Labute approximate surface area is 102 Å². The van der Waals surface area contributed by atoms with Crippen molar-refractivity contribution in [3.8, 4) is 0 Å². The Kier molecular flexibility index (Phi) is 3.46. The van der Waals surface area contributed by atoms with E-state index in [4.69, 9.17) is 0 Å². The van der Waals surface area contributed by atoms with E-state index in [0.29, 0.717) is 0 Å². The molecular formula is C11H11BrN4. The zero-order chi connectivity index (χ0) is 11.4. The monoisotopic (exact) mass is 278 g/mol. The van der Waals surface area contributed by atoms with Gasteiger partial charge in [-0.15, -0.1) is 0 Å². The number of rotatable bonds is 3. The van der Waals surface area contributed by atoms with Gasteiger partial charge in [0.15, 0.2) is 0 Å². The van der Waals surface area contributed by atoms with Crippen LogP contribution in [0.5, 0.6) is 0 Å². The molecule has 0 bridgehead atoms. The lowest BCUT2D eigenvalue weighted by Gasteiger charge is -2.15. The maximum Gasteiger partial charge on any atom is 0.144 e. The first kappa shape index (κ1) is 11.0. The fourth-order valence-electron chi connectivity index (χ4n) is 1.36. The molecule has 0 fully saturated rings. The highest BCUT2D eigenvalue weighted by molar-refractivity contribution is 9.10. The van der Waals surface area contributed by atoms with Crippen LogP contribution in [0.1, 0.15) is 18.5 Å². The first-order chi connectivity index (χ1) is 7.77. The minimum Gasteiger partial charge on any atom is -0.363 e. The van der Waals surface area contributed by atoms with Crippen molar-refractivity contribution >= 4 is 21.7 Å². The summed E-state index contributed by atoms with van der Waals surface area (Å²) in [6.07, 6.45) is 6.80. The van der Waals surface area contributed by atoms with E-state index in [0.717, 1.165) is 10.3 Å². The summed E-state index contributed by atoms with van der Waals surface area (Å²) >= 11 is 3.40. The molecule has 16 heavy (non-hydrogen) atoms. The van der Waals surface area contributed by atoms with Gasteiger partial charge in [0.2, 0.25) is 0 Å². The molecule has 0 saturated carbocycles. The quantitative estimate of drug-likeness (QED) is 0.938. The van der Waals surface area contributed by atoms with Gasteiger partial charge in [0.05, 0.1) is 10.5 Å². The van der Waals surface area contributed by atoms with Gasteiger partial charge in [-0.25, -0.2) is 9.97 Å². The van der Waals surface area contributed by atoms with E-state index < -0.39 is 0 Å². The van der Waals surface area contributed by atoms with E-state index in [-0.39, 0.29) is 6.04 Å². The topological polar surface area (TPSA) is 50.7 Å². The van der Waals surface area contributed by atoms with Gasteiger partial charge in [-0.2, -0.15) is 0 Å². The van der Waals surface area contributed by atoms with Gasteiger partial charge in [-0.05, 0) is 40.5 Å². The van der Waals surface area contributed by atoms with Gasteiger partial charge in [0, 0.05) is 18.6 Å². The first-order valence-electron chi connectivity index (χ1n) is 4.89. The highest BCUT2D eigenvalue weighted by atomic mass is 79.9. The lowest BCUT2D eigenvalue weighted by Crippen LogP contribution is -2.08. The normalized spacial score (nSPS) is 12.1. The van der Waals surface area contributed by atoms with Crippen LogP contribution in [0.4, 0.5) is 5.82 Å². The predicted octanol–water partition coefficient (Wildman–Crippen LogP) is 2.81. The Balaban J connectivity index is 2.14. The first-order valence-corrected chi connectivity index (χ1v) is 5.68. The molecule has 0 aliphatic rings. The minimum absolute atomic E-state index is 0.175. The number of aromatic nitrogens is 3. The number of hydrogen-bond acceptors (Lipinski definition) is 4. The molecule has 2 heterocycles. The molecule has 0 radical (unpaired) electrons. The van der Waals surface area contributed by atoms with E-state index in [1.165, 1.54) is 11.9 Å². The third kappa shape index (κ3) is 2.55. The molecule has 5 heteroatoms. The van der Waals surface area contributed by atoms with E-state index in [1.54, 1.807) is 18.6 Å². The lowest BCUT2D eigenvalue weighted by molar-refractivity contribution is 0.866. The third-order valence-corrected chi connectivity index (χ3v) is 2.81. The lowest BCUT2D eigenvalue weighted by atomic mass is 10.1. The van der Waals surface area contributed by atoms with Crippen LogP contribution in [0.25, 0.3) is 0 Å². The molecular weight excluding hydrogens is 268 g/mol. The van der Waals surface area contributed by atoms with Gasteiger partial charge >= 0.3 is 0 Å². The van der Waals surface area contributed by atoms with Crippen LogP contribution >= 0.6 is 15.9 Å². The summed E-state index contributed by atoms with van der Waals surface area (Å²) in [6.45, 7) is 2.07. The fourth-order valence-corrected chi connectivity index (χ4v) is 1.69. The molecule has 0 aromatic carbocycles. The van der Waals surface area contributed by atoms with Crippen molar-refractivity contribution < 1.29 is 0 Å². The number of halogens is 1. The second kappa shape index (κ2) is 5.03. The molecule has 4 nitrogen and oxygen atoms in total. The Bertz CT molecular complexity index is 461. The summed E-state index contributed by atoms with van der Waals surface area (Å²) in [5.41, 5.74) is 1.17. The smallest absolute Gasteiger partial charge is 0.144 e. The summed E-state index contributed by atoms with van der Waals surface area (Å²) < 4.78 is 0.857. The molecule has 0 aliphatic heterocycles. The molecule has 0 amide bonds. The SMILES string of the molecule is CC(Nc1ncncc1Br)c1ccncc1. The van der Waals surface area contributed by atoms with Crippen LogP contribution in [0.3, 0.4) is 0 Å². The van der Waals surface area contributed by atoms with Gasteiger partial charge in [-0.3, -0.25) is 4.98 Å². The van der Waals surface area contributed by atoms with Gasteiger partial charge in [0.25, 0.3) is 0 Å². The molecule has 2 aromatic rings. The number of pyridine rings is 1. The van der Waals surface area contributed by atoms with Crippen LogP contribution in [0, 0.1) is 0 Å². The van der Waals surface area contributed by atoms with E-state index in [1.807, 2.05) is 12.1 Å². The molecule has 2 aromatic heterocycles. The van der Waals surface area contributed by atoms with Gasteiger partial charge < -0.3 is 5.32 Å². The molecule has 2 rings (SSSR count). The van der Waals surface area contributed by atoms with Crippen molar-refractivity contribution in [2.75, 3.05) is 5.32 Å². The summed E-state index contributed by atoms with van der Waals surface area (Å²) in [7, 11) is 0. The maximum absolute atomic E-state index is 4.16. The van der Waals surface area contributed by atoms with Crippen molar-refractivity contribution in [1.29, 1.82) is 0 Å². The Morgan fingerprint density at radius 3 is 2.69 bits per heavy atom. The van der Waals surface area contributed by atoms with E-state index in [9.17, 15) is 0 Å². The number of anilines is 1. The molecule has 1 N–H and O–H groups in total. The van der Waals surface area contributed by atoms with E-state index >= 15 is 0 Å². The van der Waals surface area contributed by atoms with Gasteiger partial charge in [-0.1, -0.05) is 0 Å². The zero-order valence-electron chi connectivity index (χ0n) is 8.76. The molecule has 0 saturated heterocycles. The summed E-state index contributed by atoms with van der Waals surface area (Å²) in [5, 5.41) is 3.30. The van der Waals surface area contributed by atoms with Crippen LogP contribution in [0.15, 0.2) is 41.5 Å². The molecule has 82 valence electrons. The van der Waals surface area contributed by atoms with Crippen LogP contribution in [0.2, 0.25) is 0 Å². The fraction of sp³-hybridized carbons (Fsp3) is 0.182. The average Bonchev–Trinajstić information content (AvgIpc) is 2.33. The largest absolute Gasteiger partial charge is 0.363 e. The third-order valence-electron chi connectivity index (χ3n) is 2.23. The standard InChI is InChI=1S/C11H11BrN4/c1-8(9-2-4-13-5-3-9)16-11-10(12)6-14-7-15-11/h2-8H,1H3,(H,14,15,16). The second-order valence-corrected chi connectivity index (χ2v) is 4.22. The summed E-state index contributed by atoms with van der Waals surface area (Å²) in [4.78, 5) is 12.1. The van der Waals surface area contributed by atoms with Crippen molar-refractivity contribution in [2.24, 2.45) is 0 Å². The number of nitrogens with zero attached hydrogens (tertiary/aromatic N) is 3. The van der Waals surface area contributed by atoms with Crippen molar-refractivity contribution in [3.05, 3.63) is 47.1 Å². The second-order valence-electron chi connectivity index (χ2n) is 3.37.